The molecule has 2 rings (SSSR count). The van der Waals surface area contributed by atoms with Gasteiger partial charge in [-0.2, -0.15) is 0 Å². The van der Waals surface area contributed by atoms with Gasteiger partial charge in [-0.25, -0.2) is 0 Å². The lowest BCUT2D eigenvalue weighted by Gasteiger charge is -2.29. The van der Waals surface area contributed by atoms with E-state index in [4.69, 9.17) is 4.74 Å². The Kier molecular flexibility index (Phi) is 2.93. The SMILES string of the molecule is Oc1ccc(N2CCOCC2)cc1Br. The van der Waals surface area contributed by atoms with Gasteiger partial charge in [0.1, 0.15) is 5.75 Å². The van der Waals surface area contributed by atoms with Crippen LogP contribution >= 0.6 is 15.9 Å². The van der Waals surface area contributed by atoms with Crippen LogP contribution in [0.25, 0.3) is 0 Å². The van der Waals surface area contributed by atoms with E-state index >= 15 is 0 Å². The Morgan fingerprint density at radius 3 is 2.64 bits per heavy atom. The van der Waals surface area contributed by atoms with Crippen molar-refractivity contribution in [2.24, 2.45) is 0 Å². The molecule has 0 aliphatic carbocycles. The highest BCUT2D eigenvalue weighted by molar-refractivity contribution is 9.10. The van der Waals surface area contributed by atoms with Crippen molar-refractivity contribution >= 4 is 21.6 Å². The number of phenolic OH excluding ortho intramolecular Hbond substituents is 1. The van der Waals surface area contributed by atoms with Crippen LogP contribution in [0.4, 0.5) is 5.69 Å². The first-order valence-corrected chi connectivity index (χ1v) is 5.38. The molecule has 1 fully saturated rings. The molecule has 0 amide bonds. The lowest BCUT2D eigenvalue weighted by atomic mass is 10.2. The Bertz CT molecular complexity index is 324. The van der Waals surface area contributed by atoms with E-state index in [-0.39, 0.29) is 5.75 Å². The highest BCUT2D eigenvalue weighted by Gasteiger charge is 2.11. The van der Waals surface area contributed by atoms with Crippen molar-refractivity contribution in [2.45, 2.75) is 0 Å². The molecule has 0 spiro atoms. The molecule has 0 unspecified atom stereocenters. The predicted octanol–water partition coefficient (Wildman–Crippen LogP) is 1.99. The second-order valence-corrected chi connectivity index (χ2v) is 4.09. The molecule has 1 aromatic rings. The van der Waals surface area contributed by atoms with Crippen molar-refractivity contribution in [3.05, 3.63) is 22.7 Å². The van der Waals surface area contributed by atoms with Crippen LogP contribution in [0, 0.1) is 0 Å². The number of hydrogen-bond donors (Lipinski definition) is 1. The summed E-state index contributed by atoms with van der Waals surface area (Å²) in [6.45, 7) is 3.38. The molecule has 3 nitrogen and oxygen atoms in total. The Balaban J connectivity index is 2.18. The molecular formula is C10H12BrNO2. The van der Waals surface area contributed by atoms with Crippen LogP contribution in [0.2, 0.25) is 0 Å². The normalized spacial score (nSPS) is 17.1. The molecule has 0 atom stereocenters. The Morgan fingerprint density at radius 2 is 2.00 bits per heavy atom. The number of halogens is 1. The van der Waals surface area contributed by atoms with E-state index in [0.29, 0.717) is 0 Å². The van der Waals surface area contributed by atoms with Crippen molar-refractivity contribution in [3.63, 3.8) is 0 Å². The van der Waals surface area contributed by atoms with Crippen molar-refractivity contribution in [1.29, 1.82) is 0 Å². The van der Waals surface area contributed by atoms with Gasteiger partial charge in [-0.1, -0.05) is 0 Å². The minimum absolute atomic E-state index is 0.280. The molecule has 0 bridgehead atoms. The number of benzene rings is 1. The second-order valence-electron chi connectivity index (χ2n) is 3.24. The monoisotopic (exact) mass is 257 g/mol. The summed E-state index contributed by atoms with van der Waals surface area (Å²) in [5, 5.41) is 9.35. The highest BCUT2D eigenvalue weighted by atomic mass is 79.9. The maximum absolute atomic E-state index is 9.35. The van der Waals surface area contributed by atoms with Gasteiger partial charge in [0.25, 0.3) is 0 Å². The molecule has 0 radical (unpaired) electrons. The van der Waals surface area contributed by atoms with E-state index in [1.807, 2.05) is 12.1 Å². The van der Waals surface area contributed by atoms with Crippen LogP contribution < -0.4 is 4.90 Å². The number of phenols is 1. The topological polar surface area (TPSA) is 32.7 Å². The Morgan fingerprint density at radius 1 is 1.29 bits per heavy atom. The van der Waals surface area contributed by atoms with Crippen LogP contribution in [-0.4, -0.2) is 31.4 Å². The zero-order valence-electron chi connectivity index (χ0n) is 7.74. The minimum Gasteiger partial charge on any atom is -0.507 e. The van der Waals surface area contributed by atoms with E-state index in [1.165, 1.54) is 0 Å². The molecule has 1 N–H and O–H groups in total. The molecule has 4 heteroatoms. The van der Waals surface area contributed by atoms with Gasteiger partial charge in [0, 0.05) is 18.8 Å². The number of rotatable bonds is 1. The van der Waals surface area contributed by atoms with Gasteiger partial charge in [0.15, 0.2) is 0 Å². The molecule has 1 saturated heterocycles. The minimum atomic E-state index is 0.280. The predicted molar refractivity (Wildman–Crippen MR) is 58.8 cm³/mol. The molecule has 14 heavy (non-hydrogen) atoms. The van der Waals surface area contributed by atoms with Crippen LogP contribution in [0.3, 0.4) is 0 Å². The molecule has 0 saturated carbocycles. The van der Waals surface area contributed by atoms with E-state index in [1.54, 1.807) is 6.07 Å². The first-order valence-electron chi connectivity index (χ1n) is 4.58. The van der Waals surface area contributed by atoms with Crippen molar-refractivity contribution in [3.8, 4) is 5.75 Å². The lowest BCUT2D eigenvalue weighted by molar-refractivity contribution is 0.122. The van der Waals surface area contributed by atoms with Crippen LogP contribution in [0.15, 0.2) is 22.7 Å². The van der Waals surface area contributed by atoms with Gasteiger partial charge in [-0.05, 0) is 34.1 Å². The molecule has 1 aliphatic rings. The third-order valence-electron chi connectivity index (χ3n) is 2.31. The van der Waals surface area contributed by atoms with Crippen molar-refractivity contribution in [1.82, 2.24) is 0 Å². The van der Waals surface area contributed by atoms with Crippen molar-refractivity contribution < 1.29 is 9.84 Å². The molecule has 1 heterocycles. The summed E-state index contributed by atoms with van der Waals surface area (Å²) in [6.07, 6.45) is 0. The smallest absolute Gasteiger partial charge is 0.129 e. The summed E-state index contributed by atoms with van der Waals surface area (Å²) < 4.78 is 6.01. The van der Waals surface area contributed by atoms with Gasteiger partial charge in [0.2, 0.25) is 0 Å². The van der Waals surface area contributed by atoms with Crippen LogP contribution in [0.1, 0.15) is 0 Å². The standard InChI is InChI=1S/C10H12BrNO2/c11-9-7-8(1-2-10(9)13)12-3-5-14-6-4-12/h1-2,7,13H,3-6H2. The first kappa shape index (κ1) is 9.80. The highest BCUT2D eigenvalue weighted by Crippen LogP contribution is 2.28. The maximum atomic E-state index is 9.35. The third kappa shape index (κ3) is 2.01. The van der Waals surface area contributed by atoms with Gasteiger partial charge in [-0.15, -0.1) is 0 Å². The zero-order valence-corrected chi connectivity index (χ0v) is 9.33. The van der Waals surface area contributed by atoms with Gasteiger partial charge in [0.05, 0.1) is 17.7 Å². The lowest BCUT2D eigenvalue weighted by Crippen LogP contribution is -2.36. The van der Waals surface area contributed by atoms with Crippen molar-refractivity contribution in [2.75, 3.05) is 31.2 Å². The average molecular weight is 258 g/mol. The number of ether oxygens (including phenoxy) is 1. The molecule has 1 aliphatic heterocycles. The Hall–Kier alpha value is -0.740. The largest absolute Gasteiger partial charge is 0.507 e. The van der Waals surface area contributed by atoms with Crippen LogP contribution in [-0.2, 0) is 4.74 Å². The van der Waals surface area contributed by atoms with E-state index in [2.05, 4.69) is 20.8 Å². The summed E-state index contributed by atoms with van der Waals surface area (Å²) in [7, 11) is 0. The summed E-state index contributed by atoms with van der Waals surface area (Å²) in [4.78, 5) is 2.24. The summed E-state index contributed by atoms with van der Waals surface area (Å²) in [5.41, 5.74) is 1.12. The fraction of sp³-hybridized carbons (Fsp3) is 0.400. The van der Waals surface area contributed by atoms with Gasteiger partial charge < -0.3 is 14.7 Å². The molecular weight excluding hydrogens is 246 g/mol. The summed E-state index contributed by atoms with van der Waals surface area (Å²) in [6, 6.07) is 5.56. The third-order valence-corrected chi connectivity index (χ3v) is 2.94. The first-order chi connectivity index (χ1) is 6.77. The average Bonchev–Trinajstić information content (AvgIpc) is 2.23. The zero-order chi connectivity index (χ0) is 9.97. The fourth-order valence-corrected chi connectivity index (χ4v) is 1.88. The molecule has 76 valence electrons. The van der Waals surface area contributed by atoms with Gasteiger partial charge in [-0.3, -0.25) is 0 Å². The second kappa shape index (κ2) is 4.19. The van der Waals surface area contributed by atoms with Crippen LogP contribution in [0.5, 0.6) is 5.75 Å². The number of hydrogen-bond acceptors (Lipinski definition) is 3. The number of morpholine rings is 1. The van der Waals surface area contributed by atoms with E-state index in [9.17, 15) is 5.11 Å². The quantitative estimate of drug-likeness (QED) is 0.836. The van der Waals surface area contributed by atoms with E-state index < -0.39 is 0 Å². The Labute approximate surface area is 91.4 Å². The van der Waals surface area contributed by atoms with E-state index in [0.717, 1.165) is 36.5 Å². The maximum Gasteiger partial charge on any atom is 0.129 e. The fourth-order valence-electron chi connectivity index (χ4n) is 1.51. The number of aromatic hydroxyl groups is 1. The summed E-state index contributed by atoms with van der Waals surface area (Å²) >= 11 is 3.30. The summed E-state index contributed by atoms with van der Waals surface area (Å²) in [5.74, 6) is 0.280. The van der Waals surface area contributed by atoms with Gasteiger partial charge >= 0.3 is 0 Å². The molecule has 1 aromatic carbocycles. The number of anilines is 1. The molecule has 0 aromatic heterocycles. The number of nitrogens with zero attached hydrogens (tertiary/aromatic N) is 1.